The summed E-state index contributed by atoms with van der Waals surface area (Å²) in [6.07, 6.45) is 4.80. The third-order valence-electron chi connectivity index (χ3n) is 1.87. The van der Waals surface area contributed by atoms with Crippen molar-refractivity contribution in [2.75, 3.05) is 0 Å². The first-order valence-electron chi connectivity index (χ1n) is 3.56. The number of halogens is 2. The van der Waals surface area contributed by atoms with Crippen molar-refractivity contribution >= 4 is 19.1 Å². The molecule has 0 unspecified atom stereocenters. The minimum absolute atomic E-state index is 0.106. The molecule has 0 saturated heterocycles. The molecule has 0 amide bonds. The Bertz CT molecular complexity index is 84.7. The van der Waals surface area contributed by atoms with E-state index in [9.17, 15) is 0 Å². The molecular formula is C6H14Cl2N2Pd. The van der Waals surface area contributed by atoms with Crippen molar-refractivity contribution in [3.05, 3.63) is 0 Å². The molecule has 4 N–H and O–H groups in total. The van der Waals surface area contributed by atoms with Gasteiger partial charge in [-0.25, -0.2) is 0 Å². The van der Waals surface area contributed by atoms with Crippen LogP contribution in [-0.2, 0) is 15.9 Å². The first-order chi connectivity index (χ1) is 5.22. The van der Waals surface area contributed by atoms with Crippen LogP contribution in [0.25, 0.3) is 0 Å². The summed E-state index contributed by atoms with van der Waals surface area (Å²) < 4.78 is 0. The third kappa shape index (κ3) is 6.33. The number of hydrogen-bond acceptors (Lipinski definition) is 2. The van der Waals surface area contributed by atoms with Crippen LogP contribution in [0.3, 0.4) is 0 Å². The molecule has 11 heavy (non-hydrogen) atoms. The van der Waals surface area contributed by atoms with Gasteiger partial charge in [0.2, 0.25) is 0 Å². The molecule has 72 valence electrons. The number of hydrogen-bond donors (Lipinski definition) is 2. The summed E-state index contributed by atoms with van der Waals surface area (Å²) in [6, 6.07) is 0.562. The van der Waals surface area contributed by atoms with E-state index in [0.29, 0.717) is 0 Å². The topological polar surface area (TPSA) is 52.0 Å². The van der Waals surface area contributed by atoms with Crippen LogP contribution in [-0.4, -0.2) is 12.1 Å². The van der Waals surface area contributed by atoms with Gasteiger partial charge in [-0.3, -0.25) is 0 Å². The number of rotatable bonds is 0. The molecule has 1 fully saturated rings. The molecule has 0 spiro atoms. The summed E-state index contributed by atoms with van der Waals surface area (Å²) in [5.74, 6) is 0. The molecule has 0 aromatic carbocycles. The molecule has 2 nitrogen and oxygen atoms in total. The maximum absolute atomic E-state index is 5.65. The first kappa shape index (κ1) is 12.2. The Kier molecular flexibility index (Phi) is 8.62. The molecule has 0 aromatic rings. The van der Waals surface area contributed by atoms with Crippen molar-refractivity contribution in [2.24, 2.45) is 11.5 Å². The second-order valence-corrected chi connectivity index (χ2v) is 5.02. The summed E-state index contributed by atoms with van der Waals surface area (Å²) in [7, 11) is 9.63. The van der Waals surface area contributed by atoms with E-state index in [4.69, 9.17) is 30.5 Å². The van der Waals surface area contributed by atoms with Crippen LogP contribution in [0.2, 0.25) is 0 Å². The Balaban J connectivity index is 0.000000292. The predicted molar refractivity (Wildman–Crippen MR) is 46.1 cm³/mol. The average molecular weight is 292 g/mol. The van der Waals surface area contributed by atoms with Gasteiger partial charge in [0.15, 0.2) is 0 Å². The summed E-state index contributed by atoms with van der Waals surface area (Å²) in [5.41, 5.74) is 11.3. The summed E-state index contributed by atoms with van der Waals surface area (Å²) in [6.45, 7) is 0. The SMILES string of the molecule is N[C@@H]1CCCC[C@H]1N.[Cl][Pd][Cl]. The zero-order chi connectivity index (χ0) is 8.69. The standard InChI is InChI=1S/C6H14N2.2ClH.Pd/c7-5-3-1-2-4-6(5)8;;;/h5-6H,1-4,7-8H2;2*1H;/q;;;+2/p-2/t5-,6-;;;/m1.../s1. The van der Waals surface area contributed by atoms with Gasteiger partial charge in [0.1, 0.15) is 0 Å². The van der Waals surface area contributed by atoms with Crippen LogP contribution in [0.1, 0.15) is 25.7 Å². The van der Waals surface area contributed by atoms with Gasteiger partial charge in [0, 0.05) is 12.1 Å². The normalized spacial score (nSPS) is 30.9. The molecule has 1 rings (SSSR count). The zero-order valence-electron chi connectivity index (χ0n) is 6.21. The van der Waals surface area contributed by atoms with Crippen LogP contribution in [0.5, 0.6) is 0 Å². The fraction of sp³-hybridized carbons (Fsp3) is 1.00. The molecule has 0 bridgehead atoms. The van der Waals surface area contributed by atoms with Gasteiger partial charge in [-0.15, -0.1) is 0 Å². The van der Waals surface area contributed by atoms with Gasteiger partial charge < -0.3 is 11.5 Å². The second-order valence-electron chi connectivity index (χ2n) is 2.66. The van der Waals surface area contributed by atoms with E-state index in [1.807, 2.05) is 0 Å². The summed E-state index contributed by atoms with van der Waals surface area (Å²) in [4.78, 5) is 0. The monoisotopic (exact) mass is 290 g/mol. The molecule has 0 radical (unpaired) electrons. The van der Waals surface area contributed by atoms with Crippen LogP contribution in [0, 0.1) is 0 Å². The summed E-state index contributed by atoms with van der Waals surface area (Å²) in [5, 5.41) is 0. The average Bonchev–Trinajstić information content (AvgIpc) is 1.97. The molecular weight excluding hydrogens is 277 g/mol. The van der Waals surface area contributed by atoms with Crippen molar-refractivity contribution in [3.8, 4) is 0 Å². The molecule has 1 aliphatic rings. The molecule has 0 aliphatic heterocycles. The Morgan fingerprint density at radius 3 is 1.45 bits per heavy atom. The van der Waals surface area contributed by atoms with Crippen LogP contribution >= 0.6 is 19.1 Å². The van der Waals surface area contributed by atoms with Crippen LogP contribution in [0.15, 0.2) is 0 Å². The number of nitrogens with two attached hydrogens (primary N) is 2. The van der Waals surface area contributed by atoms with Gasteiger partial charge >= 0.3 is 35.0 Å². The van der Waals surface area contributed by atoms with Crippen LogP contribution < -0.4 is 11.5 Å². The Hall–Kier alpha value is 1.16. The van der Waals surface area contributed by atoms with Crippen molar-refractivity contribution in [1.29, 1.82) is 0 Å². The first-order valence-corrected chi connectivity index (χ1v) is 7.56. The quantitative estimate of drug-likeness (QED) is 0.666. The van der Waals surface area contributed by atoms with Crippen molar-refractivity contribution in [1.82, 2.24) is 0 Å². The maximum atomic E-state index is 5.65. The Labute approximate surface area is 84.1 Å². The van der Waals surface area contributed by atoms with Crippen LogP contribution in [0.4, 0.5) is 0 Å². The van der Waals surface area contributed by atoms with Gasteiger partial charge in [-0.05, 0) is 12.8 Å². The van der Waals surface area contributed by atoms with Gasteiger partial charge in [-0.1, -0.05) is 12.8 Å². The van der Waals surface area contributed by atoms with Crippen molar-refractivity contribution in [2.45, 2.75) is 37.8 Å². The molecule has 0 aromatic heterocycles. The summed E-state index contributed by atoms with van der Waals surface area (Å²) >= 11 is -0.106. The van der Waals surface area contributed by atoms with E-state index in [1.54, 1.807) is 0 Å². The Morgan fingerprint density at radius 1 is 1.00 bits per heavy atom. The molecule has 1 aliphatic carbocycles. The zero-order valence-corrected chi connectivity index (χ0v) is 9.28. The molecule has 5 heteroatoms. The van der Waals surface area contributed by atoms with E-state index in [0.717, 1.165) is 12.8 Å². The van der Waals surface area contributed by atoms with E-state index in [1.165, 1.54) is 12.8 Å². The van der Waals surface area contributed by atoms with E-state index >= 15 is 0 Å². The van der Waals surface area contributed by atoms with E-state index in [-0.39, 0.29) is 28.0 Å². The van der Waals surface area contributed by atoms with Gasteiger partial charge in [0.25, 0.3) is 0 Å². The fourth-order valence-corrected chi connectivity index (χ4v) is 1.19. The van der Waals surface area contributed by atoms with Crippen molar-refractivity contribution in [3.63, 3.8) is 0 Å². The minimum atomic E-state index is -0.106. The van der Waals surface area contributed by atoms with Gasteiger partial charge in [0.05, 0.1) is 0 Å². The van der Waals surface area contributed by atoms with E-state index in [2.05, 4.69) is 0 Å². The van der Waals surface area contributed by atoms with Crippen molar-refractivity contribution < 1.29 is 15.9 Å². The molecule has 0 heterocycles. The van der Waals surface area contributed by atoms with E-state index < -0.39 is 0 Å². The predicted octanol–water partition coefficient (Wildman–Crippen LogP) is 1.59. The fourth-order valence-electron chi connectivity index (χ4n) is 1.19. The van der Waals surface area contributed by atoms with Gasteiger partial charge in [-0.2, -0.15) is 0 Å². The molecule has 2 atom stereocenters. The second kappa shape index (κ2) is 7.79. The molecule has 1 saturated carbocycles. The third-order valence-corrected chi connectivity index (χ3v) is 1.87. The Morgan fingerprint density at radius 2 is 1.27 bits per heavy atom.